The molecule has 1 fully saturated rings. The molecule has 0 heterocycles. The molecule has 0 saturated heterocycles. The molecule has 1 aliphatic rings. The van der Waals surface area contributed by atoms with Crippen molar-refractivity contribution >= 4 is 0 Å². The Hall–Kier alpha value is -0.860. The molecule has 1 aliphatic carbocycles. The molecule has 2 heteroatoms. The van der Waals surface area contributed by atoms with E-state index in [4.69, 9.17) is 5.73 Å². The molecule has 1 aromatic carbocycles. The van der Waals surface area contributed by atoms with E-state index in [1.165, 1.54) is 35.1 Å². The van der Waals surface area contributed by atoms with Gasteiger partial charge < -0.3 is 5.73 Å². The highest BCUT2D eigenvalue weighted by atomic mass is 15.2. The number of hydrogen-bond acceptors (Lipinski definition) is 2. The average Bonchev–Trinajstić information content (AvgIpc) is 3.08. The number of nitrogens with two attached hydrogens (primary N) is 1. The molecule has 1 unspecified atom stereocenters. The van der Waals surface area contributed by atoms with Gasteiger partial charge in [-0.1, -0.05) is 24.6 Å². The minimum atomic E-state index is 0.145. The normalized spacial score (nSPS) is 17.2. The van der Waals surface area contributed by atoms with Crippen LogP contribution in [-0.4, -0.2) is 24.0 Å². The Kier molecular flexibility index (Phi) is 4.08. The van der Waals surface area contributed by atoms with Crippen molar-refractivity contribution < 1.29 is 0 Å². The number of benzene rings is 1. The van der Waals surface area contributed by atoms with Crippen LogP contribution in [0.4, 0.5) is 0 Å². The van der Waals surface area contributed by atoms with Gasteiger partial charge in [0.2, 0.25) is 0 Å². The minimum absolute atomic E-state index is 0.145. The number of rotatable bonds is 5. The SMILES string of the molecule is CCN(CC(N)c1c(C)cc(C)cc1C)C1CC1. The quantitative estimate of drug-likeness (QED) is 0.865. The molecule has 0 bridgehead atoms. The molecule has 0 amide bonds. The van der Waals surface area contributed by atoms with Crippen LogP contribution < -0.4 is 5.73 Å². The molecule has 0 aromatic heterocycles. The van der Waals surface area contributed by atoms with E-state index in [0.717, 1.165) is 19.1 Å². The summed E-state index contributed by atoms with van der Waals surface area (Å²) in [5, 5.41) is 0. The average molecular weight is 246 g/mol. The van der Waals surface area contributed by atoms with Gasteiger partial charge in [-0.3, -0.25) is 4.90 Å². The Bertz CT molecular complexity index is 398. The summed E-state index contributed by atoms with van der Waals surface area (Å²) in [4.78, 5) is 2.53. The lowest BCUT2D eigenvalue weighted by molar-refractivity contribution is 0.260. The highest BCUT2D eigenvalue weighted by Gasteiger charge is 2.29. The zero-order valence-corrected chi connectivity index (χ0v) is 12.2. The first-order valence-corrected chi connectivity index (χ1v) is 7.10. The first-order valence-electron chi connectivity index (χ1n) is 7.10. The van der Waals surface area contributed by atoms with E-state index in [9.17, 15) is 0 Å². The van der Waals surface area contributed by atoms with Crippen molar-refractivity contribution in [1.29, 1.82) is 0 Å². The van der Waals surface area contributed by atoms with Crippen molar-refractivity contribution in [3.8, 4) is 0 Å². The van der Waals surface area contributed by atoms with E-state index in [1.54, 1.807) is 0 Å². The van der Waals surface area contributed by atoms with Crippen LogP contribution in [0.5, 0.6) is 0 Å². The number of aryl methyl sites for hydroxylation is 3. The van der Waals surface area contributed by atoms with Gasteiger partial charge >= 0.3 is 0 Å². The second-order valence-corrected chi connectivity index (χ2v) is 5.74. The van der Waals surface area contributed by atoms with Crippen molar-refractivity contribution in [3.05, 3.63) is 34.4 Å². The molecular weight excluding hydrogens is 220 g/mol. The predicted molar refractivity (Wildman–Crippen MR) is 77.9 cm³/mol. The van der Waals surface area contributed by atoms with Gasteiger partial charge in [0.15, 0.2) is 0 Å². The van der Waals surface area contributed by atoms with Gasteiger partial charge in [-0.25, -0.2) is 0 Å². The highest BCUT2D eigenvalue weighted by molar-refractivity contribution is 5.39. The maximum atomic E-state index is 6.45. The summed E-state index contributed by atoms with van der Waals surface area (Å²) in [6.07, 6.45) is 2.71. The van der Waals surface area contributed by atoms with Gasteiger partial charge in [0, 0.05) is 18.6 Å². The van der Waals surface area contributed by atoms with Gasteiger partial charge in [-0.15, -0.1) is 0 Å². The molecule has 1 aromatic rings. The molecule has 100 valence electrons. The molecule has 1 saturated carbocycles. The summed E-state index contributed by atoms with van der Waals surface area (Å²) in [5.41, 5.74) is 11.8. The minimum Gasteiger partial charge on any atom is -0.323 e. The van der Waals surface area contributed by atoms with E-state index in [0.29, 0.717) is 0 Å². The summed E-state index contributed by atoms with van der Waals surface area (Å²) in [7, 11) is 0. The molecule has 2 N–H and O–H groups in total. The first kappa shape index (κ1) is 13.6. The van der Waals surface area contributed by atoms with Gasteiger partial charge in [-0.2, -0.15) is 0 Å². The summed E-state index contributed by atoms with van der Waals surface area (Å²) >= 11 is 0. The Labute approximate surface area is 111 Å². The van der Waals surface area contributed by atoms with Crippen LogP contribution in [0.3, 0.4) is 0 Å². The van der Waals surface area contributed by atoms with Crippen molar-refractivity contribution in [3.63, 3.8) is 0 Å². The van der Waals surface area contributed by atoms with E-state index >= 15 is 0 Å². The molecule has 0 aliphatic heterocycles. The van der Waals surface area contributed by atoms with Crippen LogP contribution >= 0.6 is 0 Å². The monoisotopic (exact) mass is 246 g/mol. The fourth-order valence-electron chi connectivity index (χ4n) is 3.10. The summed E-state index contributed by atoms with van der Waals surface area (Å²) < 4.78 is 0. The Morgan fingerprint density at radius 2 is 1.78 bits per heavy atom. The maximum Gasteiger partial charge on any atom is 0.0429 e. The molecule has 2 nitrogen and oxygen atoms in total. The number of nitrogens with zero attached hydrogens (tertiary/aromatic N) is 1. The van der Waals surface area contributed by atoms with Gasteiger partial charge in [0.1, 0.15) is 0 Å². The third kappa shape index (κ3) is 2.93. The van der Waals surface area contributed by atoms with Crippen molar-refractivity contribution in [2.45, 2.75) is 52.6 Å². The largest absolute Gasteiger partial charge is 0.323 e. The Balaban J connectivity index is 2.15. The van der Waals surface area contributed by atoms with Crippen LogP contribution in [0, 0.1) is 20.8 Å². The summed E-state index contributed by atoms with van der Waals surface area (Å²) in [5.74, 6) is 0. The maximum absolute atomic E-state index is 6.45. The fourth-order valence-corrected chi connectivity index (χ4v) is 3.10. The zero-order chi connectivity index (χ0) is 13.3. The highest BCUT2D eigenvalue weighted by Crippen LogP contribution is 2.29. The van der Waals surface area contributed by atoms with Crippen LogP contribution in [0.25, 0.3) is 0 Å². The third-order valence-electron chi connectivity index (χ3n) is 4.01. The molecule has 1 atom stereocenters. The van der Waals surface area contributed by atoms with E-state index in [1.807, 2.05) is 0 Å². The summed E-state index contributed by atoms with van der Waals surface area (Å²) in [6.45, 7) is 10.9. The van der Waals surface area contributed by atoms with E-state index in [-0.39, 0.29) is 6.04 Å². The molecule has 2 rings (SSSR count). The summed E-state index contributed by atoms with van der Waals surface area (Å²) in [6, 6.07) is 5.43. The van der Waals surface area contributed by atoms with Crippen molar-refractivity contribution in [2.75, 3.05) is 13.1 Å². The Morgan fingerprint density at radius 3 is 2.22 bits per heavy atom. The lowest BCUT2D eigenvalue weighted by Gasteiger charge is -2.26. The first-order chi connectivity index (χ1) is 8.52. The predicted octanol–water partition coefficient (Wildman–Crippen LogP) is 3.10. The molecule has 0 radical (unpaired) electrons. The third-order valence-corrected chi connectivity index (χ3v) is 4.01. The number of hydrogen-bond donors (Lipinski definition) is 1. The lowest BCUT2D eigenvalue weighted by atomic mass is 9.94. The molecular formula is C16H26N2. The van der Waals surface area contributed by atoms with Gasteiger partial charge in [-0.05, 0) is 56.8 Å². The van der Waals surface area contributed by atoms with Gasteiger partial charge in [0.25, 0.3) is 0 Å². The lowest BCUT2D eigenvalue weighted by Crippen LogP contribution is -2.34. The topological polar surface area (TPSA) is 29.3 Å². The second-order valence-electron chi connectivity index (χ2n) is 5.74. The molecule has 18 heavy (non-hydrogen) atoms. The van der Waals surface area contributed by atoms with Gasteiger partial charge in [0.05, 0.1) is 0 Å². The fraction of sp³-hybridized carbons (Fsp3) is 0.625. The Morgan fingerprint density at radius 1 is 1.22 bits per heavy atom. The van der Waals surface area contributed by atoms with Crippen molar-refractivity contribution in [2.24, 2.45) is 5.73 Å². The van der Waals surface area contributed by atoms with E-state index in [2.05, 4.69) is 44.7 Å². The van der Waals surface area contributed by atoms with Crippen molar-refractivity contribution in [1.82, 2.24) is 4.90 Å². The number of likely N-dealkylation sites (N-methyl/N-ethyl adjacent to an activating group) is 1. The van der Waals surface area contributed by atoms with Crippen LogP contribution in [0.1, 0.15) is 48.1 Å². The molecule has 0 spiro atoms. The van der Waals surface area contributed by atoms with E-state index < -0.39 is 0 Å². The van der Waals surface area contributed by atoms with Crippen LogP contribution in [0.2, 0.25) is 0 Å². The smallest absolute Gasteiger partial charge is 0.0429 e. The van der Waals surface area contributed by atoms with Crippen LogP contribution in [0.15, 0.2) is 12.1 Å². The van der Waals surface area contributed by atoms with Crippen LogP contribution in [-0.2, 0) is 0 Å². The zero-order valence-electron chi connectivity index (χ0n) is 12.2. The second kappa shape index (κ2) is 5.41. The standard InChI is InChI=1S/C16H26N2/c1-5-18(14-6-7-14)10-15(17)16-12(3)8-11(2)9-13(16)4/h8-9,14-15H,5-7,10,17H2,1-4H3.